The molecule has 0 aromatic carbocycles. The largest absolute Gasteiger partial charge is 0.466 e. The van der Waals surface area contributed by atoms with Crippen molar-refractivity contribution in [2.45, 2.75) is 91.6 Å². The fraction of sp³-hybridized carbons (Fsp3) is 0.850. The Morgan fingerprint density at radius 2 is 1.36 bits per heavy atom. The number of hydrogen-bond acceptors (Lipinski definition) is 6. The van der Waals surface area contributed by atoms with E-state index in [-0.39, 0.29) is 12.6 Å². The molecule has 0 N–H and O–H groups in total. The average Bonchev–Trinajstić information content (AvgIpc) is 2.54. The van der Waals surface area contributed by atoms with Crippen molar-refractivity contribution >= 4 is 17.9 Å². The van der Waals surface area contributed by atoms with Crippen LogP contribution < -0.4 is 0 Å². The highest BCUT2D eigenvalue weighted by Crippen LogP contribution is 2.24. The van der Waals surface area contributed by atoms with Crippen LogP contribution >= 0.6 is 0 Å². The lowest BCUT2D eigenvalue weighted by atomic mass is 9.91. The predicted molar refractivity (Wildman–Crippen MR) is 99.9 cm³/mol. The van der Waals surface area contributed by atoms with Gasteiger partial charge in [-0.15, -0.1) is 0 Å². The Balaban J connectivity index is 3.82. The maximum atomic E-state index is 13.6. The molecule has 0 unspecified atom stereocenters. The molecule has 8 heteroatoms. The Labute approximate surface area is 166 Å². The number of alkyl halides is 2. The van der Waals surface area contributed by atoms with Gasteiger partial charge in [0.25, 0.3) is 5.92 Å². The lowest BCUT2D eigenvalue weighted by molar-refractivity contribution is -0.161. The Kier molecular flexibility index (Phi) is 11.9. The topological polar surface area (TPSA) is 78.9 Å². The van der Waals surface area contributed by atoms with E-state index in [2.05, 4.69) is 4.74 Å². The zero-order chi connectivity index (χ0) is 21.8. The number of carbonyl (C=O) groups excluding carboxylic acids is 3. The second-order valence-corrected chi connectivity index (χ2v) is 7.76. The van der Waals surface area contributed by atoms with Crippen LogP contribution in [0.4, 0.5) is 8.78 Å². The molecule has 164 valence electrons. The monoisotopic (exact) mass is 408 g/mol. The van der Waals surface area contributed by atoms with Crippen molar-refractivity contribution in [1.29, 1.82) is 0 Å². The fourth-order valence-corrected chi connectivity index (χ4v) is 2.09. The number of carbonyl (C=O) groups is 3. The van der Waals surface area contributed by atoms with Gasteiger partial charge in [-0.3, -0.25) is 14.4 Å². The normalized spacial score (nSPS) is 12.0. The first kappa shape index (κ1) is 26.3. The Morgan fingerprint density at radius 3 is 1.86 bits per heavy atom. The summed E-state index contributed by atoms with van der Waals surface area (Å²) in [5, 5.41) is 0. The molecule has 0 aromatic rings. The molecule has 0 saturated heterocycles. The van der Waals surface area contributed by atoms with E-state index in [1.165, 1.54) is 0 Å². The molecule has 0 rings (SSSR count). The molecule has 0 heterocycles. The van der Waals surface area contributed by atoms with Crippen molar-refractivity contribution in [2.75, 3.05) is 13.2 Å². The van der Waals surface area contributed by atoms with E-state index in [9.17, 15) is 23.2 Å². The van der Waals surface area contributed by atoms with Crippen LogP contribution in [-0.2, 0) is 28.6 Å². The first-order chi connectivity index (χ1) is 12.9. The molecule has 0 aromatic heterocycles. The molecule has 0 atom stereocenters. The average molecular weight is 408 g/mol. The SMILES string of the molecule is CCC(C)(C)C(=O)OCCCCCCOC(=O)CC(F)(F)CC(=O)OC(C)C. The van der Waals surface area contributed by atoms with Gasteiger partial charge in [-0.05, 0) is 59.8 Å². The Morgan fingerprint density at radius 1 is 0.857 bits per heavy atom. The molecule has 0 aliphatic heterocycles. The molecular formula is C20H34F2O6. The van der Waals surface area contributed by atoms with Crippen LogP contribution in [-0.4, -0.2) is 43.1 Å². The maximum absolute atomic E-state index is 13.6. The first-order valence-corrected chi connectivity index (χ1v) is 9.80. The van der Waals surface area contributed by atoms with Crippen molar-refractivity contribution in [3.63, 3.8) is 0 Å². The molecule has 0 fully saturated rings. The van der Waals surface area contributed by atoms with Gasteiger partial charge in [-0.25, -0.2) is 8.78 Å². The third-order valence-corrected chi connectivity index (χ3v) is 4.14. The van der Waals surface area contributed by atoms with Crippen LogP contribution in [0.1, 0.15) is 79.6 Å². The molecule has 0 aliphatic rings. The highest BCUT2D eigenvalue weighted by Gasteiger charge is 2.36. The summed E-state index contributed by atoms with van der Waals surface area (Å²) in [5.74, 6) is -5.80. The number of unbranched alkanes of at least 4 members (excludes halogenated alkanes) is 3. The summed E-state index contributed by atoms with van der Waals surface area (Å²) < 4.78 is 41.9. The van der Waals surface area contributed by atoms with E-state index in [1.54, 1.807) is 13.8 Å². The summed E-state index contributed by atoms with van der Waals surface area (Å²) in [6.07, 6.45) is 0.633. The van der Waals surface area contributed by atoms with Crippen LogP contribution in [0.25, 0.3) is 0 Å². The van der Waals surface area contributed by atoms with Gasteiger partial charge in [0.15, 0.2) is 0 Å². The molecule has 0 bridgehead atoms. The fourth-order valence-electron chi connectivity index (χ4n) is 2.09. The number of ether oxygens (including phenoxy) is 3. The van der Waals surface area contributed by atoms with Crippen LogP contribution in [0.5, 0.6) is 0 Å². The minimum absolute atomic E-state index is 0.0357. The zero-order valence-electron chi connectivity index (χ0n) is 17.6. The molecular weight excluding hydrogens is 374 g/mol. The number of esters is 3. The van der Waals surface area contributed by atoms with Gasteiger partial charge >= 0.3 is 17.9 Å². The zero-order valence-corrected chi connectivity index (χ0v) is 17.6. The van der Waals surface area contributed by atoms with Crippen molar-refractivity contribution in [1.82, 2.24) is 0 Å². The molecule has 6 nitrogen and oxygen atoms in total. The number of halogens is 2. The summed E-state index contributed by atoms with van der Waals surface area (Å²) in [6, 6.07) is 0. The van der Waals surface area contributed by atoms with E-state index in [0.717, 1.165) is 12.8 Å². The highest BCUT2D eigenvalue weighted by atomic mass is 19.3. The van der Waals surface area contributed by atoms with Gasteiger partial charge in [-0.1, -0.05) is 6.92 Å². The van der Waals surface area contributed by atoms with Crippen molar-refractivity contribution in [2.24, 2.45) is 5.41 Å². The third kappa shape index (κ3) is 12.6. The first-order valence-electron chi connectivity index (χ1n) is 9.80. The van der Waals surface area contributed by atoms with Gasteiger partial charge in [0.1, 0.15) is 12.8 Å². The van der Waals surface area contributed by atoms with E-state index < -0.39 is 42.2 Å². The second kappa shape index (κ2) is 12.7. The molecule has 28 heavy (non-hydrogen) atoms. The lowest BCUT2D eigenvalue weighted by Crippen LogP contribution is -2.28. The van der Waals surface area contributed by atoms with E-state index in [0.29, 0.717) is 25.9 Å². The summed E-state index contributed by atoms with van der Waals surface area (Å²) in [5.41, 5.74) is -0.484. The minimum atomic E-state index is -3.49. The minimum Gasteiger partial charge on any atom is -0.466 e. The molecule has 0 aliphatic carbocycles. The molecule has 0 amide bonds. The summed E-state index contributed by atoms with van der Waals surface area (Å²) in [6.45, 7) is 9.08. The molecule has 0 saturated carbocycles. The van der Waals surface area contributed by atoms with Crippen LogP contribution in [0.3, 0.4) is 0 Å². The summed E-state index contributed by atoms with van der Waals surface area (Å²) in [4.78, 5) is 34.5. The maximum Gasteiger partial charge on any atom is 0.312 e. The standard InChI is InChI=1S/C20H34F2O6/c1-6-19(4,5)18(25)27-12-10-8-7-9-11-26-16(23)13-20(21,22)14-17(24)28-15(2)3/h15H,6-14H2,1-5H3. The van der Waals surface area contributed by atoms with E-state index in [1.807, 2.05) is 20.8 Å². The number of hydrogen-bond donors (Lipinski definition) is 0. The van der Waals surface area contributed by atoms with Crippen molar-refractivity contribution in [3.8, 4) is 0 Å². The van der Waals surface area contributed by atoms with E-state index in [4.69, 9.17) is 9.47 Å². The highest BCUT2D eigenvalue weighted by molar-refractivity contribution is 5.75. The van der Waals surface area contributed by atoms with Gasteiger partial charge in [0.2, 0.25) is 0 Å². The van der Waals surface area contributed by atoms with Gasteiger partial charge in [0, 0.05) is 0 Å². The molecule has 0 radical (unpaired) electrons. The van der Waals surface area contributed by atoms with Crippen LogP contribution in [0, 0.1) is 5.41 Å². The second-order valence-electron chi connectivity index (χ2n) is 7.76. The lowest BCUT2D eigenvalue weighted by Gasteiger charge is -2.20. The van der Waals surface area contributed by atoms with Crippen molar-refractivity contribution in [3.05, 3.63) is 0 Å². The Hall–Kier alpha value is -1.73. The van der Waals surface area contributed by atoms with Crippen molar-refractivity contribution < 1.29 is 37.4 Å². The van der Waals surface area contributed by atoms with Crippen LogP contribution in [0.2, 0.25) is 0 Å². The van der Waals surface area contributed by atoms with E-state index >= 15 is 0 Å². The van der Waals surface area contributed by atoms with Gasteiger partial charge in [-0.2, -0.15) is 0 Å². The van der Waals surface area contributed by atoms with Gasteiger partial charge in [0.05, 0.1) is 24.7 Å². The third-order valence-electron chi connectivity index (χ3n) is 4.14. The molecule has 0 spiro atoms. The Bertz CT molecular complexity index is 503. The quantitative estimate of drug-likeness (QED) is 0.240. The van der Waals surface area contributed by atoms with Gasteiger partial charge < -0.3 is 14.2 Å². The number of rotatable bonds is 14. The summed E-state index contributed by atoms with van der Waals surface area (Å²) in [7, 11) is 0. The smallest absolute Gasteiger partial charge is 0.312 e. The predicted octanol–water partition coefficient (Wildman–Crippen LogP) is 4.44. The van der Waals surface area contributed by atoms with Crippen LogP contribution in [0.15, 0.2) is 0 Å². The summed E-state index contributed by atoms with van der Waals surface area (Å²) >= 11 is 0.